The largest absolute Gasteiger partial charge is 0.480 e. The first kappa shape index (κ1) is 10.4. The molecule has 0 radical (unpaired) electrons. The molecule has 84 valence electrons. The number of anilines is 1. The summed E-state index contributed by atoms with van der Waals surface area (Å²) in [7, 11) is 1.79. The molecule has 0 fully saturated rings. The molecule has 16 heavy (non-hydrogen) atoms. The highest BCUT2D eigenvalue weighted by atomic mass is 16.4. The molecule has 0 amide bonds. The molecule has 0 spiro atoms. The van der Waals surface area contributed by atoms with Gasteiger partial charge in [-0.25, -0.2) is 4.98 Å². The molecular weight excluding hydrogens is 208 g/mol. The van der Waals surface area contributed by atoms with Crippen molar-refractivity contribution in [3.05, 3.63) is 18.3 Å². The minimum atomic E-state index is -0.910. The van der Waals surface area contributed by atoms with Crippen LogP contribution in [-0.2, 0) is 11.8 Å². The molecule has 0 bridgehead atoms. The number of fused-ring (bicyclic) bond motifs is 1. The molecule has 0 aromatic carbocycles. The van der Waals surface area contributed by atoms with Crippen LogP contribution in [0.2, 0.25) is 0 Å². The van der Waals surface area contributed by atoms with Crippen molar-refractivity contribution in [2.75, 3.05) is 5.32 Å². The van der Waals surface area contributed by atoms with Crippen molar-refractivity contribution in [1.29, 1.82) is 0 Å². The number of hydrogen-bond acceptors (Lipinski definition) is 4. The number of rotatable bonds is 3. The molecular formula is C10H12N4O2. The number of pyridine rings is 1. The van der Waals surface area contributed by atoms with E-state index in [1.54, 1.807) is 30.9 Å². The van der Waals surface area contributed by atoms with E-state index in [0.29, 0.717) is 5.82 Å². The van der Waals surface area contributed by atoms with Crippen molar-refractivity contribution in [1.82, 2.24) is 14.8 Å². The maximum absolute atomic E-state index is 10.7. The highest BCUT2D eigenvalue weighted by molar-refractivity contribution is 5.79. The SMILES string of the molecule is CC(Nc1ccc2cnn(C)c2n1)C(=O)O. The monoisotopic (exact) mass is 220 g/mol. The molecule has 2 aromatic rings. The van der Waals surface area contributed by atoms with Gasteiger partial charge in [0.15, 0.2) is 5.65 Å². The first-order valence-corrected chi connectivity index (χ1v) is 4.86. The van der Waals surface area contributed by atoms with Gasteiger partial charge in [-0.1, -0.05) is 0 Å². The number of aromatic nitrogens is 3. The van der Waals surface area contributed by atoms with E-state index in [4.69, 9.17) is 5.11 Å². The average Bonchev–Trinajstić information content (AvgIpc) is 2.60. The van der Waals surface area contributed by atoms with Crippen LogP contribution in [-0.4, -0.2) is 31.9 Å². The summed E-state index contributed by atoms with van der Waals surface area (Å²) in [6, 6.07) is 2.92. The van der Waals surface area contributed by atoms with Crippen LogP contribution >= 0.6 is 0 Å². The van der Waals surface area contributed by atoms with Crippen molar-refractivity contribution in [3.63, 3.8) is 0 Å². The van der Waals surface area contributed by atoms with Crippen LogP contribution in [0.15, 0.2) is 18.3 Å². The molecule has 6 nitrogen and oxygen atoms in total. The first-order chi connectivity index (χ1) is 7.58. The molecule has 2 heterocycles. The zero-order chi connectivity index (χ0) is 11.7. The van der Waals surface area contributed by atoms with E-state index >= 15 is 0 Å². The van der Waals surface area contributed by atoms with E-state index in [-0.39, 0.29) is 0 Å². The second-order valence-corrected chi connectivity index (χ2v) is 3.58. The lowest BCUT2D eigenvalue weighted by molar-refractivity contribution is -0.137. The average molecular weight is 220 g/mol. The van der Waals surface area contributed by atoms with Crippen LogP contribution in [0.25, 0.3) is 11.0 Å². The number of carboxylic acids is 1. The van der Waals surface area contributed by atoms with E-state index in [9.17, 15) is 4.79 Å². The number of aryl methyl sites for hydroxylation is 1. The van der Waals surface area contributed by atoms with Crippen molar-refractivity contribution in [2.24, 2.45) is 7.05 Å². The Kier molecular flexibility index (Phi) is 2.47. The second kappa shape index (κ2) is 3.80. The number of carbonyl (C=O) groups is 1. The van der Waals surface area contributed by atoms with E-state index < -0.39 is 12.0 Å². The Balaban J connectivity index is 2.32. The fourth-order valence-electron chi connectivity index (χ4n) is 1.39. The number of hydrogen-bond donors (Lipinski definition) is 2. The topological polar surface area (TPSA) is 80.0 Å². The number of nitrogens with one attached hydrogen (secondary N) is 1. The lowest BCUT2D eigenvalue weighted by atomic mass is 10.3. The van der Waals surface area contributed by atoms with E-state index in [2.05, 4.69) is 15.4 Å². The molecule has 2 rings (SSSR count). The molecule has 0 saturated heterocycles. The third-order valence-corrected chi connectivity index (χ3v) is 2.32. The van der Waals surface area contributed by atoms with Gasteiger partial charge < -0.3 is 10.4 Å². The van der Waals surface area contributed by atoms with Crippen LogP contribution in [0.5, 0.6) is 0 Å². The van der Waals surface area contributed by atoms with Gasteiger partial charge in [-0.3, -0.25) is 9.48 Å². The van der Waals surface area contributed by atoms with Crippen LogP contribution < -0.4 is 5.32 Å². The molecule has 2 aromatic heterocycles. The number of nitrogens with zero attached hydrogens (tertiary/aromatic N) is 3. The molecule has 1 unspecified atom stereocenters. The lowest BCUT2D eigenvalue weighted by Crippen LogP contribution is -2.25. The maximum atomic E-state index is 10.7. The Morgan fingerprint density at radius 2 is 2.31 bits per heavy atom. The molecule has 6 heteroatoms. The quantitative estimate of drug-likeness (QED) is 0.801. The van der Waals surface area contributed by atoms with Crippen molar-refractivity contribution < 1.29 is 9.90 Å². The van der Waals surface area contributed by atoms with Gasteiger partial charge in [0.2, 0.25) is 0 Å². The van der Waals surface area contributed by atoms with Gasteiger partial charge in [-0.2, -0.15) is 5.10 Å². The van der Waals surface area contributed by atoms with Gasteiger partial charge in [-0.15, -0.1) is 0 Å². The van der Waals surface area contributed by atoms with E-state index in [0.717, 1.165) is 11.0 Å². The highest BCUT2D eigenvalue weighted by Crippen LogP contribution is 2.14. The van der Waals surface area contributed by atoms with Gasteiger partial charge >= 0.3 is 5.97 Å². The van der Waals surface area contributed by atoms with Gasteiger partial charge in [0, 0.05) is 12.4 Å². The third-order valence-electron chi connectivity index (χ3n) is 2.32. The van der Waals surface area contributed by atoms with Gasteiger partial charge in [0.1, 0.15) is 11.9 Å². The summed E-state index contributed by atoms with van der Waals surface area (Å²) in [5.41, 5.74) is 0.725. The van der Waals surface area contributed by atoms with Gasteiger partial charge in [-0.05, 0) is 19.1 Å². The zero-order valence-corrected chi connectivity index (χ0v) is 9.01. The summed E-state index contributed by atoms with van der Waals surface area (Å²) in [4.78, 5) is 15.0. The van der Waals surface area contributed by atoms with E-state index in [1.807, 2.05) is 6.07 Å². The predicted octanol–water partition coefficient (Wildman–Crippen LogP) is 0.853. The standard InChI is InChI=1S/C10H12N4O2/c1-6(10(15)16)12-8-4-3-7-5-11-14(2)9(7)13-8/h3-6H,1-2H3,(H,12,13)(H,15,16). The lowest BCUT2D eigenvalue weighted by Gasteiger charge is -2.09. The fraction of sp³-hybridized carbons (Fsp3) is 0.300. The van der Waals surface area contributed by atoms with E-state index in [1.165, 1.54) is 0 Å². The molecule has 0 saturated carbocycles. The van der Waals surface area contributed by atoms with Crippen molar-refractivity contribution in [3.8, 4) is 0 Å². The summed E-state index contributed by atoms with van der Waals surface area (Å²) in [6.07, 6.45) is 1.72. The summed E-state index contributed by atoms with van der Waals surface area (Å²) in [5.74, 6) is -0.377. The minimum Gasteiger partial charge on any atom is -0.480 e. The molecule has 0 aliphatic carbocycles. The van der Waals surface area contributed by atoms with Crippen LogP contribution in [0.3, 0.4) is 0 Å². The smallest absolute Gasteiger partial charge is 0.325 e. The molecule has 0 aliphatic rings. The van der Waals surface area contributed by atoms with Crippen LogP contribution in [0.1, 0.15) is 6.92 Å². The Morgan fingerprint density at radius 3 is 3.00 bits per heavy atom. The fourth-order valence-corrected chi connectivity index (χ4v) is 1.39. The minimum absolute atomic E-state index is 0.533. The predicted molar refractivity (Wildman–Crippen MR) is 59.2 cm³/mol. The van der Waals surface area contributed by atoms with Gasteiger partial charge in [0.05, 0.1) is 6.20 Å². The Labute approximate surface area is 91.9 Å². The van der Waals surface area contributed by atoms with Crippen LogP contribution in [0.4, 0.5) is 5.82 Å². The molecule has 0 aliphatic heterocycles. The Hall–Kier alpha value is -2.11. The normalized spacial score (nSPS) is 12.6. The third kappa shape index (κ3) is 1.81. The van der Waals surface area contributed by atoms with Crippen molar-refractivity contribution >= 4 is 22.8 Å². The second-order valence-electron chi connectivity index (χ2n) is 3.58. The Morgan fingerprint density at radius 1 is 1.56 bits per heavy atom. The number of aliphatic carboxylic acids is 1. The first-order valence-electron chi connectivity index (χ1n) is 4.86. The summed E-state index contributed by atoms with van der Waals surface area (Å²) >= 11 is 0. The van der Waals surface area contributed by atoms with Crippen molar-refractivity contribution in [2.45, 2.75) is 13.0 Å². The van der Waals surface area contributed by atoms with Crippen LogP contribution in [0, 0.1) is 0 Å². The number of carboxylic acid groups (broad SMARTS) is 1. The maximum Gasteiger partial charge on any atom is 0.325 e. The summed E-state index contributed by atoms with van der Waals surface area (Å²) < 4.78 is 1.64. The zero-order valence-electron chi connectivity index (χ0n) is 9.01. The Bertz CT molecular complexity index is 535. The molecule has 2 N–H and O–H groups in total. The summed E-state index contributed by atoms with van der Waals surface area (Å²) in [6.45, 7) is 1.57. The highest BCUT2D eigenvalue weighted by Gasteiger charge is 2.11. The van der Waals surface area contributed by atoms with Gasteiger partial charge in [0.25, 0.3) is 0 Å². The summed E-state index contributed by atoms with van der Waals surface area (Å²) in [5, 5.41) is 16.6. The molecule has 1 atom stereocenters.